The van der Waals surface area contributed by atoms with Gasteiger partial charge in [0.1, 0.15) is 18.0 Å². The summed E-state index contributed by atoms with van der Waals surface area (Å²) in [5, 5.41) is 6.79. The molecule has 1 heterocycles. The van der Waals surface area contributed by atoms with Crippen molar-refractivity contribution in [2.24, 2.45) is 11.3 Å². The van der Waals surface area contributed by atoms with Gasteiger partial charge in [0.05, 0.1) is 0 Å². The lowest BCUT2D eigenvalue weighted by atomic mass is 10.1. The number of hydrogen-bond acceptors (Lipinski definition) is 4. The second-order valence-corrected chi connectivity index (χ2v) is 5.89. The molecule has 0 radical (unpaired) electrons. The van der Waals surface area contributed by atoms with Gasteiger partial charge in [-0.2, -0.15) is 0 Å². The van der Waals surface area contributed by atoms with Gasteiger partial charge < -0.3 is 10.6 Å². The summed E-state index contributed by atoms with van der Waals surface area (Å²) in [4.78, 5) is 8.62. The van der Waals surface area contributed by atoms with E-state index in [0.717, 1.165) is 42.6 Å². The molecule has 0 spiro atoms. The molecule has 1 aliphatic carbocycles. The molecule has 0 aromatic carbocycles. The van der Waals surface area contributed by atoms with Crippen LogP contribution in [0, 0.1) is 18.3 Å². The molecule has 0 amide bonds. The highest BCUT2D eigenvalue weighted by atomic mass is 15.1. The van der Waals surface area contributed by atoms with Crippen molar-refractivity contribution >= 4 is 11.6 Å². The Morgan fingerprint density at radius 1 is 1.28 bits per heavy atom. The van der Waals surface area contributed by atoms with Crippen LogP contribution < -0.4 is 10.6 Å². The topological polar surface area (TPSA) is 49.8 Å². The third-order valence-electron chi connectivity index (χ3n) is 3.86. The maximum atomic E-state index is 4.33. The average molecular weight is 248 g/mol. The Kier molecular flexibility index (Phi) is 3.73. The molecule has 1 unspecified atom stereocenters. The van der Waals surface area contributed by atoms with Crippen LogP contribution in [0.25, 0.3) is 0 Å². The van der Waals surface area contributed by atoms with Gasteiger partial charge in [-0.15, -0.1) is 0 Å². The van der Waals surface area contributed by atoms with Crippen LogP contribution in [-0.2, 0) is 0 Å². The van der Waals surface area contributed by atoms with Gasteiger partial charge in [-0.25, -0.2) is 9.97 Å². The van der Waals surface area contributed by atoms with Crippen LogP contribution >= 0.6 is 0 Å². The first kappa shape index (κ1) is 13.1. The van der Waals surface area contributed by atoms with Gasteiger partial charge in [0.2, 0.25) is 0 Å². The normalized spacial score (nSPS) is 20.6. The van der Waals surface area contributed by atoms with Crippen LogP contribution in [0.4, 0.5) is 11.6 Å². The third-order valence-corrected chi connectivity index (χ3v) is 3.86. The Balaban J connectivity index is 1.95. The van der Waals surface area contributed by atoms with Gasteiger partial charge in [0, 0.05) is 18.7 Å². The van der Waals surface area contributed by atoms with Crippen molar-refractivity contribution in [1.82, 2.24) is 9.97 Å². The Bertz CT molecular complexity index is 414. The SMILES string of the molecule is CCCNc1ncnc(NCC2CC2(C)C)c1C. The van der Waals surface area contributed by atoms with Gasteiger partial charge in [-0.1, -0.05) is 20.8 Å². The number of nitrogens with zero attached hydrogens (tertiary/aromatic N) is 2. The zero-order valence-corrected chi connectivity index (χ0v) is 11.9. The molecule has 1 aliphatic rings. The summed E-state index contributed by atoms with van der Waals surface area (Å²) in [6.45, 7) is 10.8. The lowest BCUT2D eigenvalue weighted by Crippen LogP contribution is -2.12. The van der Waals surface area contributed by atoms with Gasteiger partial charge in [0.25, 0.3) is 0 Å². The molecule has 0 saturated heterocycles. The van der Waals surface area contributed by atoms with Crippen LogP contribution in [0.2, 0.25) is 0 Å². The zero-order valence-electron chi connectivity index (χ0n) is 11.9. The number of aromatic nitrogens is 2. The van der Waals surface area contributed by atoms with E-state index in [4.69, 9.17) is 0 Å². The predicted octanol–water partition coefficient (Wildman–Crippen LogP) is 3.06. The number of anilines is 2. The summed E-state index contributed by atoms with van der Waals surface area (Å²) in [7, 11) is 0. The van der Waals surface area contributed by atoms with Crippen LogP contribution in [0.5, 0.6) is 0 Å². The van der Waals surface area contributed by atoms with E-state index in [1.807, 2.05) is 0 Å². The molecule has 1 fully saturated rings. The molecular formula is C14H24N4. The maximum Gasteiger partial charge on any atom is 0.134 e. The van der Waals surface area contributed by atoms with Crippen LogP contribution in [-0.4, -0.2) is 23.1 Å². The Labute approximate surface area is 110 Å². The second-order valence-electron chi connectivity index (χ2n) is 5.89. The smallest absolute Gasteiger partial charge is 0.134 e. The summed E-state index contributed by atoms with van der Waals surface area (Å²) in [6.07, 6.45) is 4.04. The number of hydrogen-bond donors (Lipinski definition) is 2. The molecule has 2 rings (SSSR count). The fraction of sp³-hybridized carbons (Fsp3) is 0.714. The van der Waals surface area contributed by atoms with Crippen molar-refractivity contribution in [2.45, 2.75) is 40.5 Å². The van der Waals surface area contributed by atoms with Gasteiger partial charge >= 0.3 is 0 Å². The number of nitrogens with one attached hydrogen (secondary N) is 2. The fourth-order valence-corrected chi connectivity index (χ4v) is 2.19. The maximum absolute atomic E-state index is 4.33. The predicted molar refractivity (Wildman–Crippen MR) is 75.9 cm³/mol. The van der Waals surface area contributed by atoms with Gasteiger partial charge in [0.15, 0.2) is 0 Å². The Hall–Kier alpha value is -1.32. The fourth-order valence-electron chi connectivity index (χ4n) is 2.19. The molecule has 18 heavy (non-hydrogen) atoms. The van der Waals surface area contributed by atoms with Crippen molar-refractivity contribution in [1.29, 1.82) is 0 Å². The molecule has 2 N–H and O–H groups in total. The van der Waals surface area contributed by atoms with E-state index in [-0.39, 0.29) is 0 Å². The summed E-state index contributed by atoms with van der Waals surface area (Å²) in [6, 6.07) is 0. The van der Waals surface area contributed by atoms with Gasteiger partial charge in [-0.05, 0) is 31.1 Å². The molecule has 0 bridgehead atoms. The van der Waals surface area contributed by atoms with E-state index in [1.165, 1.54) is 6.42 Å². The molecule has 1 aromatic heterocycles. The first-order valence-corrected chi connectivity index (χ1v) is 6.84. The zero-order chi connectivity index (χ0) is 13.2. The van der Waals surface area contributed by atoms with E-state index >= 15 is 0 Å². The third kappa shape index (κ3) is 2.92. The van der Waals surface area contributed by atoms with Crippen molar-refractivity contribution < 1.29 is 0 Å². The van der Waals surface area contributed by atoms with E-state index in [0.29, 0.717) is 5.41 Å². The minimum absolute atomic E-state index is 0.511. The quantitative estimate of drug-likeness (QED) is 0.812. The summed E-state index contributed by atoms with van der Waals surface area (Å²) in [5.41, 5.74) is 1.63. The highest BCUT2D eigenvalue weighted by molar-refractivity contribution is 5.56. The molecule has 0 aliphatic heterocycles. The molecule has 4 heteroatoms. The Morgan fingerprint density at radius 2 is 1.89 bits per heavy atom. The second kappa shape index (κ2) is 5.12. The number of rotatable bonds is 6. The van der Waals surface area contributed by atoms with Crippen LogP contribution in [0.3, 0.4) is 0 Å². The van der Waals surface area contributed by atoms with Crippen molar-refractivity contribution in [3.8, 4) is 0 Å². The van der Waals surface area contributed by atoms with Crippen molar-refractivity contribution in [3.05, 3.63) is 11.9 Å². The standard InChI is InChI=1S/C14H24N4/c1-5-6-15-12-10(2)13(18-9-17-12)16-8-11-7-14(11,3)4/h9,11H,5-8H2,1-4H3,(H2,15,16,17,18). The monoisotopic (exact) mass is 248 g/mol. The summed E-state index contributed by atoms with van der Waals surface area (Å²) >= 11 is 0. The van der Waals surface area contributed by atoms with Crippen LogP contribution in [0.1, 0.15) is 39.2 Å². The molecule has 4 nitrogen and oxygen atoms in total. The molecular weight excluding hydrogens is 224 g/mol. The lowest BCUT2D eigenvalue weighted by molar-refractivity contribution is 0.572. The average Bonchev–Trinajstić information content (AvgIpc) is 2.94. The molecule has 1 aromatic rings. The van der Waals surface area contributed by atoms with E-state index < -0.39 is 0 Å². The van der Waals surface area contributed by atoms with E-state index in [9.17, 15) is 0 Å². The lowest BCUT2D eigenvalue weighted by Gasteiger charge is -2.12. The Morgan fingerprint density at radius 3 is 2.44 bits per heavy atom. The van der Waals surface area contributed by atoms with Gasteiger partial charge in [-0.3, -0.25) is 0 Å². The first-order chi connectivity index (χ1) is 8.54. The largest absolute Gasteiger partial charge is 0.370 e. The minimum Gasteiger partial charge on any atom is -0.370 e. The van der Waals surface area contributed by atoms with E-state index in [2.05, 4.69) is 48.3 Å². The molecule has 1 saturated carbocycles. The van der Waals surface area contributed by atoms with Crippen molar-refractivity contribution in [3.63, 3.8) is 0 Å². The highest BCUT2D eigenvalue weighted by Crippen LogP contribution is 2.51. The molecule has 1 atom stereocenters. The van der Waals surface area contributed by atoms with Crippen molar-refractivity contribution in [2.75, 3.05) is 23.7 Å². The summed E-state index contributed by atoms with van der Waals surface area (Å²) in [5.74, 6) is 2.69. The van der Waals surface area contributed by atoms with Crippen LogP contribution in [0.15, 0.2) is 6.33 Å². The van der Waals surface area contributed by atoms with E-state index in [1.54, 1.807) is 6.33 Å². The molecule has 100 valence electrons. The first-order valence-electron chi connectivity index (χ1n) is 6.84. The summed E-state index contributed by atoms with van der Waals surface area (Å²) < 4.78 is 0. The highest BCUT2D eigenvalue weighted by Gasteiger charge is 2.45. The minimum atomic E-state index is 0.511.